The molecule has 0 spiro atoms. The maximum atomic E-state index is 12.5. The number of nitrogens with zero attached hydrogens (tertiary/aromatic N) is 2. The molecule has 1 saturated heterocycles. The van der Waals surface area contributed by atoms with Crippen LogP contribution in [0.5, 0.6) is 5.75 Å². The zero-order valence-electron chi connectivity index (χ0n) is 13.9. The number of aromatic amines is 1. The molecule has 1 atom stereocenters. The summed E-state index contributed by atoms with van der Waals surface area (Å²) in [6, 6.07) is 9.09. The number of methoxy groups -OCH3 is 1. The third kappa shape index (κ3) is 3.64. The van der Waals surface area contributed by atoms with Crippen molar-refractivity contribution in [3.8, 4) is 5.75 Å². The summed E-state index contributed by atoms with van der Waals surface area (Å²) >= 11 is 0. The van der Waals surface area contributed by atoms with E-state index in [0.717, 1.165) is 23.4 Å². The molecule has 0 aliphatic carbocycles. The van der Waals surface area contributed by atoms with Crippen LogP contribution in [-0.2, 0) is 11.2 Å². The molecule has 1 aromatic heterocycles. The molecule has 0 radical (unpaired) electrons. The average molecular weight is 327 g/mol. The number of carbonyl (C=O) groups is 1. The number of carbonyl (C=O) groups excluding carboxylic acids is 1. The van der Waals surface area contributed by atoms with Crippen LogP contribution in [0.4, 0.5) is 0 Å². The van der Waals surface area contributed by atoms with Crippen molar-refractivity contribution in [1.82, 2.24) is 14.9 Å². The van der Waals surface area contributed by atoms with Crippen LogP contribution in [0.25, 0.3) is 0 Å². The van der Waals surface area contributed by atoms with Gasteiger partial charge in [0.2, 0.25) is 5.91 Å². The lowest BCUT2D eigenvalue weighted by Gasteiger charge is -2.17. The molecule has 0 bridgehead atoms. The van der Waals surface area contributed by atoms with Gasteiger partial charge in [0.15, 0.2) is 0 Å². The van der Waals surface area contributed by atoms with Crippen LogP contribution in [0.1, 0.15) is 29.4 Å². The maximum Gasteiger partial charge on any atom is 0.251 e. The number of amides is 1. The molecule has 2 heterocycles. The number of rotatable bonds is 4. The Hall–Kier alpha value is -2.63. The lowest BCUT2D eigenvalue weighted by molar-refractivity contribution is -0.129. The lowest BCUT2D eigenvalue weighted by atomic mass is 10.0. The largest absolute Gasteiger partial charge is 0.497 e. The highest BCUT2D eigenvalue weighted by Gasteiger charge is 2.28. The molecular formula is C18H21N3O3. The fraction of sp³-hybridized carbons (Fsp3) is 0.389. The second kappa shape index (κ2) is 6.86. The van der Waals surface area contributed by atoms with Gasteiger partial charge in [-0.3, -0.25) is 9.59 Å². The second-order valence-electron chi connectivity index (χ2n) is 6.11. The average Bonchev–Trinajstić information content (AvgIpc) is 3.04. The number of hydrogen-bond acceptors (Lipinski definition) is 4. The van der Waals surface area contributed by atoms with E-state index in [1.807, 2.05) is 29.2 Å². The molecule has 0 unspecified atom stereocenters. The molecule has 1 amide bonds. The van der Waals surface area contributed by atoms with Crippen molar-refractivity contribution in [3.63, 3.8) is 0 Å². The van der Waals surface area contributed by atoms with Gasteiger partial charge in [0.1, 0.15) is 11.6 Å². The Bertz CT molecular complexity index is 800. The van der Waals surface area contributed by atoms with Crippen LogP contribution in [0.2, 0.25) is 0 Å². The van der Waals surface area contributed by atoms with Gasteiger partial charge in [0, 0.05) is 25.1 Å². The van der Waals surface area contributed by atoms with Crippen molar-refractivity contribution in [2.24, 2.45) is 0 Å². The van der Waals surface area contributed by atoms with E-state index in [1.54, 1.807) is 14.0 Å². The monoisotopic (exact) mass is 327 g/mol. The Morgan fingerprint density at radius 3 is 3.00 bits per heavy atom. The summed E-state index contributed by atoms with van der Waals surface area (Å²) in [6.45, 7) is 3.07. The van der Waals surface area contributed by atoms with Gasteiger partial charge in [-0.2, -0.15) is 0 Å². The number of aromatic nitrogens is 2. The van der Waals surface area contributed by atoms with Crippen LogP contribution in [0.3, 0.4) is 0 Å². The third-order valence-electron chi connectivity index (χ3n) is 4.33. The standard InChI is InChI=1S/C18H21N3O3/c1-12-19-16(10-17(22)20-12)14-6-7-21(11-14)18(23)9-13-4-3-5-15(8-13)24-2/h3-5,8,10,14H,6-7,9,11H2,1-2H3,(H,19,20,22)/t14-/m1/s1. The fourth-order valence-corrected chi connectivity index (χ4v) is 3.11. The first-order valence-electron chi connectivity index (χ1n) is 8.03. The zero-order chi connectivity index (χ0) is 17.1. The van der Waals surface area contributed by atoms with Gasteiger partial charge in [-0.15, -0.1) is 0 Å². The molecule has 1 fully saturated rings. The number of hydrogen-bond donors (Lipinski definition) is 1. The third-order valence-corrected chi connectivity index (χ3v) is 4.33. The molecule has 1 aromatic carbocycles. The Morgan fingerprint density at radius 1 is 1.42 bits per heavy atom. The van der Waals surface area contributed by atoms with E-state index in [2.05, 4.69) is 9.97 Å². The number of H-pyrrole nitrogens is 1. The number of likely N-dealkylation sites (tertiary alicyclic amines) is 1. The Kier molecular flexibility index (Phi) is 4.64. The number of aryl methyl sites for hydroxylation is 1. The number of nitrogens with one attached hydrogen (secondary N) is 1. The van der Waals surface area contributed by atoms with Crippen molar-refractivity contribution < 1.29 is 9.53 Å². The highest BCUT2D eigenvalue weighted by atomic mass is 16.5. The van der Waals surface area contributed by atoms with Crippen LogP contribution >= 0.6 is 0 Å². The minimum atomic E-state index is -0.140. The molecule has 126 valence electrons. The summed E-state index contributed by atoms with van der Waals surface area (Å²) in [5.74, 6) is 1.58. The van der Waals surface area contributed by atoms with E-state index in [0.29, 0.717) is 25.3 Å². The van der Waals surface area contributed by atoms with Gasteiger partial charge in [0.25, 0.3) is 5.56 Å². The summed E-state index contributed by atoms with van der Waals surface area (Å²) < 4.78 is 5.19. The highest BCUT2D eigenvalue weighted by molar-refractivity contribution is 5.79. The molecule has 0 saturated carbocycles. The molecule has 2 aromatic rings. The smallest absolute Gasteiger partial charge is 0.251 e. The molecule has 6 heteroatoms. The topological polar surface area (TPSA) is 75.3 Å². The van der Waals surface area contributed by atoms with E-state index in [1.165, 1.54) is 6.07 Å². The predicted octanol–water partition coefficient (Wildman–Crippen LogP) is 1.65. The summed E-state index contributed by atoms with van der Waals surface area (Å²) in [4.78, 5) is 33.0. The summed E-state index contributed by atoms with van der Waals surface area (Å²) in [5.41, 5.74) is 1.57. The maximum absolute atomic E-state index is 12.5. The van der Waals surface area contributed by atoms with Gasteiger partial charge >= 0.3 is 0 Å². The van der Waals surface area contributed by atoms with E-state index >= 15 is 0 Å². The molecular weight excluding hydrogens is 306 g/mol. The minimum Gasteiger partial charge on any atom is -0.497 e. The first-order chi connectivity index (χ1) is 11.5. The molecule has 24 heavy (non-hydrogen) atoms. The fourth-order valence-electron chi connectivity index (χ4n) is 3.11. The molecule has 1 N–H and O–H groups in total. The molecule has 1 aliphatic heterocycles. The molecule has 1 aliphatic rings. The van der Waals surface area contributed by atoms with Gasteiger partial charge in [-0.1, -0.05) is 12.1 Å². The van der Waals surface area contributed by atoms with Crippen LogP contribution in [-0.4, -0.2) is 41.0 Å². The van der Waals surface area contributed by atoms with E-state index < -0.39 is 0 Å². The highest BCUT2D eigenvalue weighted by Crippen LogP contribution is 2.26. The van der Waals surface area contributed by atoms with Crippen molar-refractivity contribution in [1.29, 1.82) is 0 Å². The SMILES string of the molecule is COc1cccc(CC(=O)N2CC[C@@H](c3cc(=O)[nH]c(C)n3)C2)c1. The first-order valence-corrected chi connectivity index (χ1v) is 8.03. The minimum absolute atomic E-state index is 0.0901. The normalized spacial score (nSPS) is 17.1. The van der Waals surface area contributed by atoms with Crippen molar-refractivity contribution in [2.45, 2.75) is 25.7 Å². The Balaban J connectivity index is 1.66. The molecule has 6 nitrogen and oxygen atoms in total. The summed E-state index contributed by atoms with van der Waals surface area (Å²) in [6.07, 6.45) is 1.19. The van der Waals surface area contributed by atoms with Crippen LogP contribution < -0.4 is 10.3 Å². The lowest BCUT2D eigenvalue weighted by Crippen LogP contribution is -2.30. The summed E-state index contributed by atoms with van der Waals surface area (Å²) in [5, 5.41) is 0. The Morgan fingerprint density at radius 2 is 2.25 bits per heavy atom. The second-order valence-corrected chi connectivity index (χ2v) is 6.11. The van der Waals surface area contributed by atoms with E-state index in [4.69, 9.17) is 4.74 Å². The zero-order valence-corrected chi connectivity index (χ0v) is 13.9. The Labute approximate surface area is 140 Å². The van der Waals surface area contributed by atoms with Crippen molar-refractivity contribution in [2.75, 3.05) is 20.2 Å². The first kappa shape index (κ1) is 16.2. The number of benzene rings is 1. The van der Waals surface area contributed by atoms with Gasteiger partial charge in [-0.05, 0) is 31.0 Å². The van der Waals surface area contributed by atoms with E-state index in [9.17, 15) is 9.59 Å². The predicted molar refractivity (Wildman–Crippen MR) is 90.2 cm³/mol. The van der Waals surface area contributed by atoms with Gasteiger partial charge in [0.05, 0.1) is 19.2 Å². The van der Waals surface area contributed by atoms with Crippen LogP contribution in [0.15, 0.2) is 35.1 Å². The molecule has 3 rings (SSSR count). The quantitative estimate of drug-likeness (QED) is 0.926. The van der Waals surface area contributed by atoms with Gasteiger partial charge in [-0.25, -0.2) is 4.98 Å². The number of ether oxygens (including phenoxy) is 1. The van der Waals surface area contributed by atoms with Crippen molar-refractivity contribution >= 4 is 5.91 Å². The van der Waals surface area contributed by atoms with Crippen LogP contribution in [0, 0.1) is 6.92 Å². The van der Waals surface area contributed by atoms with Gasteiger partial charge < -0.3 is 14.6 Å². The summed E-state index contributed by atoms with van der Waals surface area (Å²) in [7, 11) is 1.61. The van der Waals surface area contributed by atoms with E-state index in [-0.39, 0.29) is 17.4 Å². The van der Waals surface area contributed by atoms with Crippen molar-refractivity contribution in [3.05, 3.63) is 57.8 Å².